The van der Waals surface area contributed by atoms with Crippen LogP contribution in [0.25, 0.3) is 0 Å². The minimum Gasteiger partial charge on any atom is -0.383 e. The maximum Gasteiger partial charge on any atom is 0.150 e. The average Bonchev–Trinajstić information content (AvgIpc) is 2.47. The van der Waals surface area contributed by atoms with Crippen molar-refractivity contribution in [2.45, 2.75) is 19.3 Å². The first-order valence-corrected chi connectivity index (χ1v) is 8.86. The van der Waals surface area contributed by atoms with Crippen molar-refractivity contribution in [2.24, 2.45) is 0 Å². The molecule has 1 atom stereocenters. The van der Waals surface area contributed by atoms with Gasteiger partial charge in [0, 0.05) is 26.0 Å². The predicted molar refractivity (Wildman–Crippen MR) is 82.9 cm³/mol. The molecule has 0 saturated heterocycles. The van der Waals surface area contributed by atoms with Crippen molar-refractivity contribution >= 4 is 9.84 Å². The van der Waals surface area contributed by atoms with E-state index in [2.05, 4.69) is 17.4 Å². The van der Waals surface area contributed by atoms with Crippen LogP contribution in [0.2, 0.25) is 0 Å². The topological polar surface area (TPSA) is 55.4 Å². The summed E-state index contributed by atoms with van der Waals surface area (Å²) in [5.41, 5.74) is 1.18. The zero-order valence-corrected chi connectivity index (χ0v) is 13.2. The van der Waals surface area contributed by atoms with E-state index in [1.54, 1.807) is 14.0 Å². The van der Waals surface area contributed by atoms with Crippen LogP contribution in [-0.4, -0.2) is 46.7 Å². The average molecular weight is 299 g/mol. The Morgan fingerprint density at radius 3 is 2.55 bits per heavy atom. The van der Waals surface area contributed by atoms with Crippen molar-refractivity contribution < 1.29 is 13.2 Å². The van der Waals surface area contributed by atoms with Crippen LogP contribution in [0.15, 0.2) is 30.3 Å². The Hall–Kier alpha value is -0.910. The summed E-state index contributed by atoms with van der Waals surface area (Å²) >= 11 is 0. The lowest BCUT2D eigenvalue weighted by atomic mass is 9.96. The van der Waals surface area contributed by atoms with Crippen LogP contribution in [0, 0.1) is 0 Å². The fraction of sp³-hybridized carbons (Fsp3) is 0.600. The lowest BCUT2D eigenvalue weighted by molar-refractivity contribution is 0.199. The third kappa shape index (κ3) is 6.50. The molecule has 0 aliphatic rings. The second-order valence-corrected chi connectivity index (χ2v) is 7.30. The summed E-state index contributed by atoms with van der Waals surface area (Å²) in [5, 5.41) is 3.32. The number of methoxy groups -OCH3 is 1. The largest absolute Gasteiger partial charge is 0.383 e. The first-order chi connectivity index (χ1) is 9.59. The monoisotopic (exact) mass is 299 g/mol. The zero-order valence-electron chi connectivity index (χ0n) is 12.3. The van der Waals surface area contributed by atoms with Gasteiger partial charge in [-0.15, -0.1) is 0 Å². The predicted octanol–water partition coefficient (Wildman–Crippen LogP) is 1.83. The van der Waals surface area contributed by atoms with Gasteiger partial charge < -0.3 is 10.1 Å². The summed E-state index contributed by atoms with van der Waals surface area (Å²) in [4.78, 5) is 0. The van der Waals surface area contributed by atoms with Crippen molar-refractivity contribution in [3.63, 3.8) is 0 Å². The highest BCUT2D eigenvalue weighted by Gasteiger charge is 2.15. The van der Waals surface area contributed by atoms with Crippen LogP contribution < -0.4 is 5.32 Å². The van der Waals surface area contributed by atoms with Gasteiger partial charge >= 0.3 is 0 Å². The second kappa shape index (κ2) is 9.10. The highest BCUT2D eigenvalue weighted by atomic mass is 32.2. The molecule has 0 radical (unpaired) electrons. The molecule has 1 unspecified atom stereocenters. The van der Waals surface area contributed by atoms with E-state index in [9.17, 15) is 8.42 Å². The minimum absolute atomic E-state index is 0.214. The smallest absolute Gasteiger partial charge is 0.150 e. The van der Waals surface area contributed by atoms with Crippen LogP contribution in [0.3, 0.4) is 0 Å². The maximum absolute atomic E-state index is 11.7. The minimum atomic E-state index is -2.91. The molecule has 5 heteroatoms. The number of sulfone groups is 1. The SMILES string of the molecule is CCS(=O)(=O)CCC(CNCCOC)c1ccccc1. The fourth-order valence-corrected chi connectivity index (χ4v) is 2.96. The van der Waals surface area contributed by atoms with Crippen molar-refractivity contribution in [3.05, 3.63) is 35.9 Å². The molecule has 4 nitrogen and oxygen atoms in total. The Bertz CT molecular complexity index is 459. The molecule has 114 valence electrons. The lowest BCUT2D eigenvalue weighted by Crippen LogP contribution is -2.26. The number of rotatable bonds is 10. The van der Waals surface area contributed by atoms with E-state index >= 15 is 0 Å². The molecular weight excluding hydrogens is 274 g/mol. The third-order valence-corrected chi connectivity index (χ3v) is 5.10. The van der Waals surface area contributed by atoms with Crippen LogP contribution in [0.4, 0.5) is 0 Å². The Morgan fingerprint density at radius 2 is 1.95 bits per heavy atom. The molecule has 0 fully saturated rings. The number of benzene rings is 1. The number of hydrogen-bond donors (Lipinski definition) is 1. The van der Waals surface area contributed by atoms with E-state index in [-0.39, 0.29) is 17.4 Å². The molecule has 1 aromatic carbocycles. The molecule has 0 aromatic heterocycles. The molecular formula is C15H25NO3S. The van der Waals surface area contributed by atoms with Crippen LogP contribution >= 0.6 is 0 Å². The molecule has 1 rings (SSSR count). The van der Waals surface area contributed by atoms with Crippen LogP contribution in [0.5, 0.6) is 0 Å². The van der Waals surface area contributed by atoms with Gasteiger partial charge in [0.05, 0.1) is 12.4 Å². The standard InChI is InChI=1S/C15H25NO3S/c1-3-20(17,18)12-9-15(13-16-10-11-19-2)14-7-5-4-6-8-14/h4-8,15-16H,3,9-13H2,1-2H3. The Morgan fingerprint density at radius 1 is 1.25 bits per heavy atom. The van der Waals surface area contributed by atoms with Gasteiger partial charge in [-0.3, -0.25) is 0 Å². The molecule has 0 saturated carbocycles. The molecule has 0 aliphatic carbocycles. The lowest BCUT2D eigenvalue weighted by Gasteiger charge is -2.18. The highest BCUT2D eigenvalue weighted by molar-refractivity contribution is 7.91. The Balaban J connectivity index is 2.60. The van der Waals surface area contributed by atoms with Crippen molar-refractivity contribution in [1.82, 2.24) is 5.32 Å². The van der Waals surface area contributed by atoms with Gasteiger partial charge in [-0.2, -0.15) is 0 Å². The van der Waals surface area contributed by atoms with E-state index < -0.39 is 9.84 Å². The molecule has 1 N–H and O–H groups in total. The highest BCUT2D eigenvalue weighted by Crippen LogP contribution is 2.19. The third-order valence-electron chi connectivity index (χ3n) is 3.36. The van der Waals surface area contributed by atoms with Gasteiger partial charge in [0.1, 0.15) is 9.84 Å². The quantitative estimate of drug-likeness (QED) is 0.670. The van der Waals surface area contributed by atoms with Gasteiger partial charge in [0.15, 0.2) is 0 Å². The van der Waals surface area contributed by atoms with Gasteiger partial charge in [0.25, 0.3) is 0 Å². The summed E-state index contributed by atoms with van der Waals surface area (Å²) < 4.78 is 28.3. The summed E-state index contributed by atoms with van der Waals surface area (Å²) in [6, 6.07) is 10.1. The molecule has 0 amide bonds. The number of hydrogen-bond acceptors (Lipinski definition) is 4. The van der Waals surface area contributed by atoms with E-state index in [0.29, 0.717) is 13.0 Å². The first kappa shape index (κ1) is 17.1. The number of ether oxygens (including phenoxy) is 1. The van der Waals surface area contributed by atoms with Gasteiger partial charge in [-0.05, 0) is 17.9 Å². The van der Waals surface area contributed by atoms with Crippen molar-refractivity contribution in [3.8, 4) is 0 Å². The van der Waals surface area contributed by atoms with Crippen LogP contribution in [-0.2, 0) is 14.6 Å². The zero-order chi connectivity index (χ0) is 14.8. The molecule has 0 aliphatic heterocycles. The summed E-state index contributed by atoms with van der Waals surface area (Å²) in [6.07, 6.45) is 0.653. The summed E-state index contributed by atoms with van der Waals surface area (Å²) in [6.45, 7) is 3.91. The first-order valence-electron chi connectivity index (χ1n) is 7.04. The van der Waals surface area contributed by atoms with Crippen molar-refractivity contribution in [2.75, 3.05) is 38.3 Å². The molecule has 0 heterocycles. The van der Waals surface area contributed by atoms with E-state index in [4.69, 9.17) is 4.74 Å². The van der Waals surface area contributed by atoms with E-state index in [1.165, 1.54) is 5.56 Å². The molecule has 20 heavy (non-hydrogen) atoms. The maximum atomic E-state index is 11.7. The van der Waals surface area contributed by atoms with Crippen molar-refractivity contribution in [1.29, 1.82) is 0 Å². The normalized spacial score (nSPS) is 13.3. The Labute approximate surface area is 122 Å². The van der Waals surface area contributed by atoms with Gasteiger partial charge in [-0.1, -0.05) is 37.3 Å². The summed E-state index contributed by atoms with van der Waals surface area (Å²) in [7, 11) is -1.24. The molecule has 1 aromatic rings. The van der Waals surface area contributed by atoms with Gasteiger partial charge in [0.2, 0.25) is 0 Å². The summed E-state index contributed by atoms with van der Waals surface area (Å²) in [5.74, 6) is 0.676. The molecule has 0 spiro atoms. The molecule has 0 bridgehead atoms. The van der Waals surface area contributed by atoms with E-state index in [1.807, 2.05) is 18.2 Å². The Kier molecular flexibility index (Phi) is 7.80. The second-order valence-electron chi connectivity index (χ2n) is 4.83. The fourth-order valence-electron chi connectivity index (χ4n) is 2.03. The van der Waals surface area contributed by atoms with Gasteiger partial charge in [-0.25, -0.2) is 8.42 Å². The van der Waals surface area contributed by atoms with Crippen LogP contribution in [0.1, 0.15) is 24.8 Å². The number of nitrogens with one attached hydrogen (secondary N) is 1. The van der Waals surface area contributed by atoms with E-state index in [0.717, 1.165) is 13.1 Å².